The van der Waals surface area contributed by atoms with Crippen LogP contribution in [0.3, 0.4) is 0 Å². The van der Waals surface area contributed by atoms with E-state index in [1.165, 1.54) is 0 Å². The Bertz CT molecular complexity index is 872. The smallest absolute Gasteiger partial charge is 0.232 e. The van der Waals surface area contributed by atoms with Gasteiger partial charge in [-0.2, -0.15) is 10.2 Å². The number of aromatic nitrogens is 1. The minimum absolute atomic E-state index is 0.206. The zero-order valence-electron chi connectivity index (χ0n) is 13.7. The standard InChI is InChI=1S/C19H17N3O3/c1-2-23-15-8-5-14(6-9-15)7-10-18-22-17(12-20)19(25-18)21-13-16-4-3-11-24-16/h3-11,21H,2,13H2,1H3/b10-7+. The highest BCUT2D eigenvalue weighted by Crippen LogP contribution is 2.20. The number of nitriles is 1. The highest BCUT2D eigenvalue weighted by atomic mass is 16.5. The second-order valence-corrected chi connectivity index (χ2v) is 5.11. The van der Waals surface area contributed by atoms with E-state index in [9.17, 15) is 5.26 Å². The molecule has 0 amide bonds. The molecule has 1 aromatic carbocycles. The average Bonchev–Trinajstić information content (AvgIpc) is 3.29. The number of ether oxygens (including phenoxy) is 1. The Balaban J connectivity index is 1.68. The van der Waals surface area contributed by atoms with Crippen molar-refractivity contribution in [1.82, 2.24) is 4.98 Å². The number of anilines is 1. The van der Waals surface area contributed by atoms with Crippen LogP contribution in [-0.2, 0) is 6.54 Å². The van der Waals surface area contributed by atoms with Gasteiger partial charge in [0.1, 0.15) is 17.6 Å². The molecule has 0 saturated carbocycles. The molecule has 3 aromatic rings. The molecule has 3 rings (SSSR count). The third kappa shape index (κ3) is 4.30. The summed E-state index contributed by atoms with van der Waals surface area (Å²) in [5, 5.41) is 12.2. The maximum Gasteiger partial charge on any atom is 0.232 e. The predicted molar refractivity (Wildman–Crippen MR) is 93.8 cm³/mol. The minimum Gasteiger partial charge on any atom is -0.494 e. The van der Waals surface area contributed by atoms with Crippen LogP contribution in [0, 0.1) is 11.3 Å². The molecule has 0 unspecified atom stereocenters. The number of furan rings is 1. The molecule has 0 radical (unpaired) electrons. The van der Waals surface area contributed by atoms with Crippen LogP contribution in [0.2, 0.25) is 0 Å². The Hall–Kier alpha value is -3.46. The molecule has 2 aromatic heterocycles. The van der Waals surface area contributed by atoms with Gasteiger partial charge in [-0.15, -0.1) is 0 Å². The number of hydrogen-bond acceptors (Lipinski definition) is 6. The molecule has 0 spiro atoms. The second-order valence-electron chi connectivity index (χ2n) is 5.11. The Morgan fingerprint density at radius 2 is 2.08 bits per heavy atom. The number of hydrogen-bond donors (Lipinski definition) is 1. The van der Waals surface area contributed by atoms with E-state index in [1.54, 1.807) is 18.4 Å². The molecule has 0 aliphatic heterocycles. The lowest BCUT2D eigenvalue weighted by atomic mass is 10.2. The van der Waals surface area contributed by atoms with Gasteiger partial charge in [-0.05, 0) is 42.8 Å². The molecular weight excluding hydrogens is 318 g/mol. The fourth-order valence-electron chi connectivity index (χ4n) is 2.19. The highest BCUT2D eigenvalue weighted by Gasteiger charge is 2.11. The summed E-state index contributed by atoms with van der Waals surface area (Å²) in [6.45, 7) is 3.00. The Morgan fingerprint density at radius 1 is 1.24 bits per heavy atom. The topological polar surface area (TPSA) is 84.2 Å². The van der Waals surface area contributed by atoms with Crippen LogP contribution >= 0.6 is 0 Å². The molecule has 6 heteroatoms. The second kappa shape index (κ2) is 7.88. The van der Waals surface area contributed by atoms with E-state index < -0.39 is 0 Å². The molecule has 0 aliphatic carbocycles. The Kier molecular flexibility index (Phi) is 5.17. The molecule has 2 heterocycles. The lowest BCUT2D eigenvalue weighted by Gasteiger charge is -2.01. The molecule has 126 valence electrons. The molecule has 0 aliphatic rings. The van der Waals surface area contributed by atoms with E-state index in [2.05, 4.69) is 10.3 Å². The van der Waals surface area contributed by atoms with Gasteiger partial charge in [0.05, 0.1) is 19.4 Å². The summed E-state index contributed by atoms with van der Waals surface area (Å²) in [5.74, 6) is 2.25. The van der Waals surface area contributed by atoms with Crippen LogP contribution in [0.4, 0.5) is 5.88 Å². The van der Waals surface area contributed by atoms with Crippen molar-refractivity contribution in [1.29, 1.82) is 5.26 Å². The van der Waals surface area contributed by atoms with Crippen LogP contribution < -0.4 is 10.1 Å². The summed E-state index contributed by atoms with van der Waals surface area (Å²) in [6, 6.07) is 13.3. The van der Waals surface area contributed by atoms with Crippen molar-refractivity contribution in [3.8, 4) is 11.8 Å². The zero-order chi connectivity index (χ0) is 17.5. The summed E-state index contributed by atoms with van der Waals surface area (Å²) in [4.78, 5) is 4.16. The highest BCUT2D eigenvalue weighted by molar-refractivity contribution is 5.67. The first-order chi connectivity index (χ1) is 12.3. The number of rotatable bonds is 7. The summed E-state index contributed by atoms with van der Waals surface area (Å²) in [5.41, 5.74) is 1.18. The van der Waals surface area contributed by atoms with E-state index in [4.69, 9.17) is 13.6 Å². The normalized spacial score (nSPS) is 10.7. The van der Waals surface area contributed by atoms with E-state index in [1.807, 2.05) is 49.4 Å². The molecule has 6 nitrogen and oxygen atoms in total. The zero-order valence-corrected chi connectivity index (χ0v) is 13.7. The van der Waals surface area contributed by atoms with Crippen LogP contribution in [0.1, 0.15) is 29.8 Å². The van der Waals surface area contributed by atoms with Gasteiger partial charge >= 0.3 is 0 Å². The Labute approximate surface area is 145 Å². The first kappa shape index (κ1) is 16.4. The van der Waals surface area contributed by atoms with Crippen molar-refractivity contribution in [3.63, 3.8) is 0 Å². The van der Waals surface area contributed by atoms with Crippen molar-refractivity contribution >= 4 is 18.0 Å². The van der Waals surface area contributed by atoms with Crippen LogP contribution in [0.25, 0.3) is 12.2 Å². The maximum absolute atomic E-state index is 9.18. The van der Waals surface area contributed by atoms with Gasteiger partial charge in [-0.1, -0.05) is 12.1 Å². The van der Waals surface area contributed by atoms with Gasteiger partial charge in [0.2, 0.25) is 17.5 Å². The molecular formula is C19H17N3O3. The van der Waals surface area contributed by atoms with E-state index in [-0.39, 0.29) is 5.69 Å². The summed E-state index contributed by atoms with van der Waals surface area (Å²) in [6.07, 6.45) is 5.17. The molecule has 25 heavy (non-hydrogen) atoms. The first-order valence-corrected chi connectivity index (χ1v) is 7.86. The molecule has 0 bridgehead atoms. The van der Waals surface area contributed by atoms with Crippen LogP contribution in [0.15, 0.2) is 51.5 Å². The third-order valence-corrected chi connectivity index (χ3v) is 3.36. The van der Waals surface area contributed by atoms with E-state index in [0.29, 0.717) is 24.9 Å². The fraction of sp³-hybridized carbons (Fsp3) is 0.158. The SMILES string of the molecule is CCOc1ccc(/C=C/c2nc(C#N)c(NCc3ccco3)o2)cc1. The minimum atomic E-state index is 0.206. The van der Waals surface area contributed by atoms with Gasteiger partial charge < -0.3 is 18.9 Å². The van der Waals surface area contributed by atoms with Crippen molar-refractivity contribution in [2.45, 2.75) is 13.5 Å². The predicted octanol–water partition coefficient (Wildman–Crippen LogP) is 4.32. The largest absolute Gasteiger partial charge is 0.494 e. The number of oxazole rings is 1. The van der Waals surface area contributed by atoms with Crippen molar-refractivity contribution in [2.75, 3.05) is 11.9 Å². The lowest BCUT2D eigenvalue weighted by Crippen LogP contribution is -1.98. The quantitative estimate of drug-likeness (QED) is 0.692. The van der Waals surface area contributed by atoms with Gasteiger partial charge in [0, 0.05) is 6.08 Å². The maximum atomic E-state index is 9.18. The molecule has 1 N–H and O–H groups in total. The van der Waals surface area contributed by atoms with Crippen LogP contribution in [0.5, 0.6) is 5.75 Å². The molecule has 0 fully saturated rings. The molecule has 0 atom stereocenters. The van der Waals surface area contributed by atoms with Gasteiger partial charge in [0.15, 0.2) is 0 Å². The van der Waals surface area contributed by atoms with Crippen molar-refractivity contribution in [3.05, 3.63) is 65.6 Å². The summed E-state index contributed by atoms with van der Waals surface area (Å²) >= 11 is 0. The third-order valence-electron chi connectivity index (χ3n) is 3.36. The van der Waals surface area contributed by atoms with Gasteiger partial charge in [-0.25, -0.2) is 0 Å². The number of nitrogens with one attached hydrogen (secondary N) is 1. The van der Waals surface area contributed by atoms with Gasteiger partial charge in [0.25, 0.3) is 0 Å². The number of benzene rings is 1. The monoisotopic (exact) mass is 335 g/mol. The van der Waals surface area contributed by atoms with Crippen LogP contribution in [-0.4, -0.2) is 11.6 Å². The molecule has 0 saturated heterocycles. The Morgan fingerprint density at radius 3 is 2.76 bits per heavy atom. The van der Waals surface area contributed by atoms with Gasteiger partial charge in [-0.3, -0.25) is 0 Å². The lowest BCUT2D eigenvalue weighted by molar-refractivity contribution is 0.340. The number of nitrogens with zero attached hydrogens (tertiary/aromatic N) is 2. The summed E-state index contributed by atoms with van der Waals surface area (Å²) < 4.78 is 16.2. The van der Waals surface area contributed by atoms with Crippen molar-refractivity contribution < 1.29 is 13.6 Å². The fourth-order valence-corrected chi connectivity index (χ4v) is 2.19. The first-order valence-electron chi connectivity index (χ1n) is 7.86. The van der Waals surface area contributed by atoms with E-state index in [0.717, 1.165) is 17.1 Å². The van der Waals surface area contributed by atoms with Crippen molar-refractivity contribution in [2.24, 2.45) is 0 Å². The van der Waals surface area contributed by atoms with E-state index >= 15 is 0 Å². The summed E-state index contributed by atoms with van der Waals surface area (Å²) in [7, 11) is 0. The average molecular weight is 335 g/mol.